The number of nitrogens with zero attached hydrogens (tertiary/aromatic N) is 1. The van der Waals surface area contributed by atoms with Crippen LogP contribution in [0.2, 0.25) is 5.02 Å². The third-order valence-electron chi connectivity index (χ3n) is 3.39. The highest BCUT2D eigenvalue weighted by atomic mass is 35.5. The van der Waals surface area contributed by atoms with Gasteiger partial charge in [-0.1, -0.05) is 11.6 Å². The molecule has 0 N–H and O–H groups in total. The average molecular weight is 300 g/mol. The number of rotatable bonds is 3. The fraction of sp³-hybridized carbons (Fsp3) is 0.429. The highest BCUT2D eigenvalue weighted by molar-refractivity contribution is 6.31. The van der Waals surface area contributed by atoms with Gasteiger partial charge in [0.25, 0.3) is 0 Å². The molecule has 1 aromatic rings. The van der Waals surface area contributed by atoms with Crippen molar-refractivity contribution in [2.75, 3.05) is 13.1 Å². The molecule has 0 atom stereocenters. The van der Waals surface area contributed by atoms with E-state index in [1.165, 1.54) is 19.1 Å². The van der Waals surface area contributed by atoms with Crippen LogP contribution in [0.15, 0.2) is 12.1 Å². The van der Waals surface area contributed by atoms with E-state index in [4.69, 9.17) is 16.3 Å². The van der Waals surface area contributed by atoms with E-state index in [0.29, 0.717) is 32.2 Å². The molecule has 0 unspecified atom stereocenters. The summed E-state index contributed by atoms with van der Waals surface area (Å²) in [6, 6.07) is 2.86. The zero-order valence-electron chi connectivity index (χ0n) is 11.1. The highest BCUT2D eigenvalue weighted by Crippen LogP contribution is 2.28. The second kappa shape index (κ2) is 6.22. The van der Waals surface area contributed by atoms with E-state index < -0.39 is 5.82 Å². The van der Waals surface area contributed by atoms with Gasteiger partial charge in [-0.25, -0.2) is 4.39 Å². The molecule has 0 radical (unpaired) electrons. The van der Waals surface area contributed by atoms with Gasteiger partial charge in [0.05, 0.1) is 10.6 Å². The Labute approximate surface area is 121 Å². The first-order chi connectivity index (χ1) is 9.52. The Morgan fingerprint density at radius 2 is 2.10 bits per heavy atom. The summed E-state index contributed by atoms with van der Waals surface area (Å²) in [7, 11) is 0. The minimum Gasteiger partial charge on any atom is -0.489 e. The predicted octanol–water partition coefficient (Wildman–Crippen LogP) is 2.68. The average Bonchev–Trinajstić information content (AvgIpc) is 2.44. The molecule has 1 amide bonds. The molecule has 0 aliphatic carbocycles. The van der Waals surface area contributed by atoms with Crippen LogP contribution in [-0.2, 0) is 4.79 Å². The molecule has 1 heterocycles. The third-order valence-corrected chi connectivity index (χ3v) is 3.68. The van der Waals surface area contributed by atoms with Crippen molar-refractivity contribution in [2.24, 2.45) is 0 Å². The van der Waals surface area contributed by atoms with Crippen LogP contribution >= 0.6 is 11.6 Å². The number of hydrogen-bond acceptors (Lipinski definition) is 3. The van der Waals surface area contributed by atoms with Crippen LogP contribution in [0.5, 0.6) is 5.75 Å². The van der Waals surface area contributed by atoms with Crippen LogP contribution in [-0.4, -0.2) is 36.3 Å². The molecule has 2 rings (SSSR count). The maximum Gasteiger partial charge on any atom is 0.219 e. The molecule has 1 aromatic carbocycles. The Morgan fingerprint density at radius 1 is 1.45 bits per heavy atom. The van der Waals surface area contributed by atoms with Gasteiger partial charge in [0, 0.05) is 32.9 Å². The van der Waals surface area contributed by atoms with Gasteiger partial charge in [0.15, 0.2) is 12.1 Å². The van der Waals surface area contributed by atoms with E-state index in [9.17, 15) is 14.0 Å². The summed E-state index contributed by atoms with van der Waals surface area (Å²) in [5.41, 5.74) is -0.161. The molecular formula is C14H15ClFNO3. The number of benzene rings is 1. The maximum atomic E-state index is 13.7. The highest BCUT2D eigenvalue weighted by Gasteiger charge is 2.23. The molecule has 4 nitrogen and oxygen atoms in total. The van der Waals surface area contributed by atoms with E-state index in [-0.39, 0.29) is 28.3 Å². The van der Waals surface area contributed by atoms with Crippen molar-refractivity contribution in [2.45, 2.75) is 25.9 Å². The fourth-order valence-electron chi connectivity index (χ4n) is 2.23. The van der Waals surface area contributed by atoms with Gasteiger partial charge < -0.3 is 9.64 Å². The summed E-state index contributed by atoms with van der Waals surface area (Å²) in [4.78, 5) is 23.9. The van der Waals surface area contributed by atoms with Gasteiger partial charge in [-0.2, -0.15) is 0 Å². The van der Waals surface area contributed by atoms with Gasteiger partial charge in [0.2, 0.25) is 5.91 Å². The minimum absolute atomic E-state index is 0.0366. The molecule has 0 aromatic heterocycles. The fourth-order valence-corrected chi connectivity index (χ4v) is 2.39. The standard InChI is InChI=1S/C14H15ClFNO3/c1-9(19)17-6-4-10(5-7-17)20-13-3-2-12(15)14(16)11(13)8-18/h2-3,8,10H,4-7H2,1H3. The monoisotopic (exact) mass is 299 g/mol. The lowest BCUT2D eigenvalue weighted by molar-refractivity contribution is -0.130. The zero-order valence-corrected chi connectivity index (χ0v) is 11.8. The molecule has 0 bridgehead atoms. The Bertz CT molecular complexity index is 527. The van der Waals surface area contributed by atoms with Crippen LogP contribution in [0.3, 0.4) is 0 Å². The number of piperidine rings is 1. The second-order valence-corrected chi connectivity index (χ2v) is 5.12. The number of aldehydes is 1. The molecule has 6 heteroatoms. The summed E-state index contributed by atoms with van der Waals surface area (Å²) < 4.78 is 19.4. The first-order valence-electron chi connectivity index (χ1n) is 6.38. The Balaban J connectivity index is 2.07. The van der Waals surface area contributed by atoms with Crippen LogP contribution < -0.4 is 4.74 Å². The van der Waals surface area contributed by atoms with E-state index in [1.807, 2.05) is 0 Å². The number of ether oxygens (including phenoxy) is 1. The smallest absolute Gasteiger partial charge is 0.219 e. The van der Waals surface area contributed by atoms with Crippen molar-refractivity contribution < 1.29 is 18.7 Å². The molecule has 1 fully saturated rings. The van der Waals surface area contributed by atoms with Crippen LogP contribution in [0.4, 0.5) is 4.39 Å². The second-order valence-electron chi connectivity index (χ2n) is 4.71. The van der Waals surface area contributed by atoms with Crippen LogP contribution in [0, 0.1) is 5.82 Å². The van der Waals surface area contributed by atoms with E-state index in [2.05, 4.69) is 0 Å². The van der Waals surface area contributed by atoms with Crippen LogP contribution in [0.25, 0.3) is 0 Å². The summed E-state index contributed by atoms with van der Waals surface area (Å²) in [5, 5.41) is -0.106. The number of amides is 1. The summed E-state index contributed by atoms with van der Waals surface area (Å²) >= 11 is 5.63. The van der Waals surface area contributed by atoms with Crippen molar-refractivity contribution in [3.05, 3.63) is 28.5 Å². The number of halogens is 2. The van der Waals surface area contributed by atoms with Crippen molar-refractivity contribution >= 4 is 23.8 Å². The number of carbonyl (C=O) groups excluding carboxylic acids is 2. The van der Waals surface area contributed by atoms with Crippen molar-refractivity contribution in [3.8, 4) is 5.75 Å². The van der Waals surface area contributed by atoms with Crippen LogP contribution in [0.1, 0.15) is 30.1 Å². The lowest BCUT2D eigenvalue weighted by Crippen LogP contribution is -2.40. The summed E-state index contributed by atoms with van der Waals surface area (Å²) in [6.45, 7) is 2.74. The first-order valence-corrected chi connectivity index (χ1v) is 6.76. The third kappa shape index (κ3) is 3.10. The topological polar surface area (TPSA) is 46.6 Å². The molecular weight excluding hydrogens is 285 g/mol. The lowest BCUT2D eigenvalue weighted by Gasteiger charge is -2.31. The van der Waals surface area contributed by atoms with E-state index >= 15 is 0 Å². The Morgan fingerprint density at radius 3 is 2.65 bits per heavy atom. The number of likely N-dealkylation sites (tertiary alicyclic amines) is 1. The largest absolute Gasteiger partial charge is 0.489 e. The van der Waals surface area contributed by atoms with Gasteiger partial charge in [-0.05, 0) is 12.1 Å². The van der Waals surface area contributed by atoms with Gasteiger partial charge in [-0.3, -0.25) is 9.59 Å². The molecule has 1 aliphatic heterocycles. The van der Waals surface area contributed by atoms with E-state index in [1.54, 1.807) is 4.90 Å². The maximum absolute atomic E-state index is 13.7. The zero-order chi connectivity index (χ0) is 14.7. The van der Waals surface area contributed by atoms with Crippen molar-refractivity contribution in [1.82, 2.24) is 4.90 Å². The summed E-state index contributed by atoms with van der Waals surface area (Å²) in [6.07, 6.45) is 1.58. The molecule has 0 spiro atoms. The lowest BCUT2D eigenvalue weighted by atomic mass is 10.1. The SMILES string of the molecule is CC(=O)N1CCC(Oc2ccc(Cl)c(F)c2C=O)CC1. The molecule has 20 heavy (non-hydrogen) atoms. The van der Waals surface area contributed by atoms with Crippen molar-refractivity contribution in [1.29, 1.82) is 0 Å². The molecule has 0 saturated carbocycles. The minimum atomic E-state index is -0.764. The summed E-state index contributed by atoms with van der Waals surface area (Å²) in [5.74, 6) is -0.530. The Kier molecular flexibility index (Phi) is 4.60. The van der Waals surface area contributed by atoms with Gasteiger partial charge in [0.1, 0.15) is 11.9 Å². The molecule has 1 aliphatic rings. The predicted molar refractivity (Wildman–Crippen MR) is 72.7 cm³/mol. The van der Waals surface area contributed by atoms with Gasteiger partial charge in [-0.15, -0.1) is 0 Å². The van der Waals surface area contributed by atoms with Gasteiger partial charge >= 0.3 is 0 Å². The quantitative estimate of drug-likeness (QED) is 0.806. The van der Waals surface area contributed by atoms with E-state index in [0.717, 1.165) is 0 Å². The molecule has 1 saturated heterocycles. The molecule has 108 valence electrons. The Hall–Kier alpha value is -1.62. The normalized spacial score (nSPS) is 16.1. The first kappa shape index (κ1) is 14.8. The van der Waals surface area contributed by atoms with Crippen molar-refractivity contribution in [3.63, 3.8) is 0 Å². The number of carbonyl (C=O) groups is 2. The number of hydrogen-bond donors (Lipinski definition) is 0.